The molecule has 0 rings (SSSR count). The van der Waals surface area contributed by atoms with Crippen LogP contribution in [0.4, 0.5) is 0 Å². The van der Waals surface area contributed by atoms with Gasteiger partial charge in [0.2, 0.25) is 0 Å². The van der Waals surface area contributed by atoms with Gasteiger partial charge in [-0.15, -0.1) is 0 Å². The fourth-order valence-electron chi connectivity index (χ4n) is 0. The average molecular weight is 158 g/mol. The zero-order chi connectivity index (χ0) is 2.71. The van der Waals surface area contributed by atoms with Crippen molar-refractivity contribution in [3.05, 3.63) is 0 Å². The topological polar surface area (TPSA) is 101 Å². The molecule has 0 aromatic rings. The van der Waals surface area contributed by atoms with E-state index in [1.165, 1.54) is 0 Å². The molecule has 4 nitrogen and oxygen atoms in total. The summed E-state index contributed by atoms with van der Waals surface area (Å²) in [6, 6.07) is 0. The first kappa shape index (κ1) is 18.1. The van der Waals surface area contributed by atoms with Gasteiger partial charge in [0.1, 0.15) is 0 Å². The van der Waals surface area contributed by atoms with Crippen LogP contribution >= 0.6 is 0 Å². The van der Waals surface area contributed by atoms with Crippen LogP contribution in [-0.4, -0.2) is 5.48 Å². The Morgan fingerprint density at radius 1 is 1.20 bits per heavy atom. The van der Waals surface area contributed by atoms with Gasteiger partial charge < -0.3 is 11.6 Å². The van der Waals surface area contributed by atoms with Gasteiger partial charge in [-0.1, -0.05) is 0 Å². The molecule has 0 atom stereocenters. The van der Waals surface area contributed by atoms with Gasteiger partial charge in [0.05, 0.1) is 0 Å². The molecule has 0 aromatic carbocycles. The van der Waals surface area contributed by atoms with E-state index in [-0.39, 0.29) is 11.6 Å². The van der Waals surface area contributed by atoms with Crippen molar-refractivity contribution in [2.24, 2.45) is 0 Å². The van der Waals surface area contributed by atoms with Crippen molar-refractivity contribution in [1.82, 2.24) is 6.15 Å². The number of hydrogen-bond donors (Lipinski definition) is 1. The molecule has 0 unspecified atom stereocenters. The molecule has 32 valence electrons. The van der Waals surface area contributed by atoms with Crippen molar-refractivity contribution >= 4 is 0 Å². The Morgan fingerprint density at radius 2 is 1.20 bits per heavy atom. The van der Waals surface area contributed by atoms with E-state index < -0.39 is 23.2 Å². The molecule has 0 fully saturated rings. The molecule has 0 aliphatic heterocycles. The molecule has 0 spiro atoms. The van der Waals surface area contributed by atoms with E-state index in [1.807, 2.05) is 0 Å². The van der Waals surface area contributed by atoms with Gasteiger partial charge >= 0.3 is 28.9 Å². The Bertz CT molecular complexity index is 27.9. The van der Waals surface area contributed by atoms with Crippen LogP contribution in [0.2, 0.25) is 0 Å². The van der Waals surface area contributed by atoms with E-state index in [2.05, 4.69) is 0 Å². The summed E-state index contributed by atoms with van der Waals surface area (Å²) in [6.45, 7) is 0. The zero-order valence-corrected chi connectivity index (χ0v) is 5.22. The van der Waals surface area contributed by atoms with E-state index >= 15 is 0 Å². The molecule has 0 aromatic heterocycles. The fourth-order valence-corrected chi connectivity index (χ4v) is 0. The molecule has 0 radical (unpaired) electrons. The molecule has 5 N–H and O–H groups in total. The van der Waals surface area contributed by atoms with Crippen LogP contribution in [0.15, 0.2) is 0 Å². The molecule has 0 aliphatic rings. The summed E-state index contributed by atoms with van der Waals surface area (Å²) in [5, 5.41) is 0. The SMILES string of the molecule is [NH4+].[OH-].[O]=[Zr]=[O]. The van der Waals surface area contributed by atoms with Gasteiger partial charge in [0.25, 0.3) is 0 Å². The first-order chi connectivity index (χ1) is 1.41. The number of hydrogen-bond acceptors (Lipinski definition) is 3. The van der Waals surface area contributed by atoms with E-state index in [1.54, 1.807) is 0 Å². The minimum absolute atomic E-state index is 0. The summed E-state index contributed by atoms with van der Waals surface area (Å²) in [6.07, 6.45) is 0. The second-order valence-corrected chi connectivity index (χ2v) is 0.493. The number of rotatable bonds is 0. The molecule has 0 heterocycles. The molecule has 0 aliphatic carbocycles. The summed E-state index contributed by atoms with van der Waals surface area (Å²) >= 11 is -2.27. The number of quaternary nitrogens is 1. The first-order valence-corrected chi connectivity index (χ1v) is 2.42. The van der Waals surface area contributed by atoms with Gasteiger partial charge in [-0.2, -0.15) is 0 Å². The maximum absolute atomic E-state index is 8.54. The van der Waals surface area contributed by atoms with Gasteiger partial charge in [-0.25, -0.2) is 0 Å². The summed E-state index contributed by atoms with van der Waals surface area (Å²) in [7, 11) is 0. The Hall–Kier alpha value is 0.403. The van der Waals surface area contributed by atoms with Crippen LogP contribution in [0.1, 0.15) is 0 Å². The Labute approximate surface area is 40.9 Å². The van der Waals surface area contributed by atoms with Gasteiger partial charge in [-0.3, -0.25) is 0 Å². The Kier molecular flexibility index (Phi) is 94.0. The van der Waals surface area contributed by atoms with Crippen molar-refractivity contribution in [2.45, 2.75) is 0 Å². The third-order valence-electron chi connectivity index (χ3n) is 0. The Balaban J connectivity index is -0.0000000200. The molecule has 0 saturated carbocycles. The van der Waals surface area contributed by atoms with Crippen LogP contribution in [0.5, 0.6) is 0 Å². The molecule has 5 heavy (non-hydrogen) atoms. The molecular weight excluding hydrogens is 153 g/mol. The summed E-state index contributed by atoms with van der Waals surface area (Å²) in [4.78, 5) is 0. The van der Waals surface area contributed by atoms with E-state index in [9.17, 15) is 0 Å². The van der Waals surface area contributed by atoms with E-state index in [0.29, 0.717) is 0 Å². The predicted molar refractivity (Wildman–Crippen MR) is 9.29 cm³/mol. The first-order valence-electron chi connectivity index (χ1n) is 0.408. The van der Waals surface area contributed by atoms with Crippen LogP contribution in [0, 0.1) is 0 Å². The normalized spacial score (nSPS) is 1.60. The van der Waals surface area contributed by atoms with Crippen molar-refractivity contribution in [1.29, 1.82) is 0 Å². The van der Waals surface area contributed by atoms with E-state index in [0.717, 1.165) is 0 Å². The van der Waals surface area contributed by atoms with Crippen LogP contribution in [0.25, 0.3) is 0 Å². The van der Waals surface area contributed by atoms with Crippen LogP contribution in [-0.2, 0) is 28.9 Å². The van der Waals surface area contributed by atoms with Gasteiger partial charge in [0.15, 0.2) is 0 Å². The van der Waals surface area contributed by atoms with Crippen molar-refractivity contribution in [2.75, 3.05) is 0 Å². The second-order valence-electron chi connectivity index (χ2n) is 0.0833. The zero-order valence-electron chi connectivity index (χ0n) is 2.76. The summed E-state index contributed by atoms with van der Waals surface area (Å²) < 4.78 is 17.1. The third-order valence-corrected chi connectivity index (χ3v) is 0. The fraction of sp³-hybridized carbons (Fsp3) is 0. The van der Waals surface area contributed by atoms with Crippen molar-refractivity contribution in [3.63, 3.8) is 0 Å². The predicted octanol–water partition coefficient (Wildman–Crippen LogP) is -0.0407. The molecule has 0 bridgehead atoms. The molecule has 5 heteroatoms. The maximum atomic E-state index is 8.54. The van der Waals surface area contributed by atoms with Gasteiger partial charge in [0, 0.05) is 0 Å². The summed E-state index contributed by atoms with van der Waals surface area (Å²) in [5.74, 6) is 0. The second kappa shape index (κ2) is 25.9. The average Bonchev–Trinajstić information content (AvgIpc) is 0.918. The van der Waals surface area contributed by atoms with E-state index in [4.69, 9.17) is 5.63 Å². The van der Waals surface area contributed by atoms with Crippen LogP contribution in [0.3, 0.4) is 0 Å². The third kappa shape index (κ3) is 156. The minimum atomic E-state index is -2.27. The van der Waals surface area contributed by atoms with Gasteiger partial charge in [-0.05, 0) is 0 Å². The molecular formula is H5NO3Zr. The standard InChI is InChI=1S/H3N.H2O.2O.Zr/h1H3;1H2;;;. The molecule has 0 saturated heterocycles. The quantitative estimate of drug-likeness (QED) is 0.535. The van der Waals surface area contributed by atoms with Crippen molar-refractivity contribution < 1.29 is 34.3 Å². The van der Waals surface area contributed by atoms with Crippen molar-refractivity contribution in [3.8, 4) is 0 Å². The monoisotopic (exact) mass is 157 g/mol. The molecule has 0 amide bonds. The summed E-state index contributed by atoms with van der Waals surface area (Å²) in [5.41, 5.74) is 0. The Morgan fingerprint density at radius 3 is 1.20 bits per heavy atom. The van der Waals surface area contributed by atoms with Crippen LogP contribution < -0.4 is 6.15 Å².